The molecule has 2 aromatic carbocycles. The number of fused-ring (bicyclic) bond motifs is 1. The standard InChI is InChI=1S/C23H26N2OS.ClH/c1-17-24-22-8-7-20(15-23(22)27-17)14-21(26)13-18-9-11-25(12-10-18)16-19-5-3-2-4-6-19;/h2-8,15,18H,9-14,16H2,1H3;1H. The lowest BCUT2D eigenvalue weighted by Crippen LogP contribution is -2.34. The van der Waals surface area contributed by atoms with E-state index < -0.39 is 0 Å². The van der Waals surface area contributed by atoms with Gasteiger partial charge in [0.2, 0.25) is 0 Å². The van der Waals surface area contributed by atoms with Crippen LogP contribution in [0.3, 0.4) is 0 Å². The van der Waals surface area contributed by atoms with E-state index in [2.05, 4.69) is 52.3 Å². The summed E-state index contributed by atoms with van der Waals surface area (Å²) in [5.74, 6) is 0.913. The Kier molecular flexibility index (Phi) is 7.22. The largest absolute Gasteiger partial charge is 0.299 e. The molecule has 3 nitrogen and oxygen atoms in total. The maximum Gasteiger partial charge on any atom is 0.137 e. The van der Waals surface area contributed by atoms with E-state index in [1.54, 1.807) is 11.3 Å². The number of aromatic nitrogens is 1. The normalized spacial score (nSPS) is 15.5. The number of rotatable bonds is 6. The molecule has 4 rings (SSSR count). The van der Waals surface area contributed by atoms with Crippen molar-refractivity contribution in [3.05, 3.63) is 64.7 Å². The Labute approximate surface area is 177 Å². The third-order valence-electron chi connectivity index (χ3n) is 5.43. The van der Waals surface area contributed by atoms with Gasteiger partial charge in [0.25, 0.3) is 0 Å². The van der Waals surface area contributed by atoms with Crippen molar-refractivity contribution in [2.45, 2.75) is 39.2 Å². The van der Waals surface area contributed by atoms with E-state index in [4.69, 9.17) is 0 Å². The molecule has 1 aliphatic rings. The molecule has 0 radical (unpaired) electrons. The number of aryl methyl sites for hydroxylation is 1. The van der Waals surface area contributed by atoms with Gasteiger partial charge in [0.05, 0.1) is 15.2 Å². The molecule has 28 heavy (non-hydrogen) atoms. The van der Waals surface area contributed by atoms with Gasteiger partial charge in [-0.05, 0) is 62.0 Å². The number of hydrogen-bond acceptors (Lipinski definition) is 4. The molecule has 148 valence electrons. The van der Waals surface area contributed by atoms with Crippen LogP contribution in [-0.2, 0) is 17.8 Å². The molecule has 0 unspecified atom stereocenters. The van der Waals surface area contributed by atoms with Gasteiger partial charge >= 0.3 is 0 Å². The van der Waals surface area contributed by atoms with E-state index in [-0.39, 0.29) is 12.4 Å². The topological polar surface area (TPSA) is 33.2 Å². The van der Waals surface area contributed by atoms with E-state index in [1.807, 2.05) is 13.0 Å². The van der Waals surface area contributed by atoms with Gasteiger partial charge in [-0.3, -0.25) is 9.69 Å². The predicted molar refractivity (Wildman–Crippen MR) is 119 cm³/mol. The van der Waals surface area contributed by atoms with Gasteiger partial charge in [-0.2, -0.15) is 0 Å². The fraction of sp³-hybridized carbons (Fsp3) is 0.391. The number of benzene rings is 2. The number of halogens is 1. The SMILES string of the molecule is Cc1nc2ccc(CC(=O)CC3CCN(Cc4ccccc4)CC3)cc2s1.Cl. The van der Waals surface area contributed by atoms with Crippen LogP contribution in [0.25, 0.3) is 10.2 Å². The van der Waals surface area contributed by atoms with Gasteiger partial charge in [-0.15, -0.1) is 23.7 Å². The van der Waals surface area contributed by atoms with Crippen molar-refractivity contribution >= 4 is 39.7 Å². The first kappa shape index (κ1) is 21.0. The Morgan fingerprint density at radius 3 is 2.61 bits per heavy atom. The minimum atomic E-state index is 0. The van der Waals surface area contributed by atoms with Crippen molar-refractivity contribution in [1.29, 1.82) is 0 Å². The first-order chi connectivity index (χ1) is 13.2. The number of carbonyl (C=O) groups excluding carboxylic acids is 1. The molecule has 1 aliphatic heterocycles. The maximum atomic E-state index is 12.6. The molecule has 1 saturated heterocycles. The van der Waals surface area contributed by atoms with E-state index in [0.717, 1.165) is 55.0 Å². The first-order valence-electron chi connectivity index (χ1n) is 9.80. The summed E-state index contributed by atoms with van der Waals surface area (Å²) in [6.45, 7) is 5.24. The molecule has 0 amide bonds. The highest BCUT2D eigenvalue weighted by molar-refractivity contribution is 7.18. The Morgan fingerprint density at radius 2 is 1.86 bits per heavy atom. The molecule has 5 heteroatoms. The summed E-state index contributed by atoms with van der Waals surface area (Å²) in [4.78, 5) is 19.6. The van der Waals surface area contributed by atoms with Gasteiger partial charge in [0.15, 0.2) is 0 Å². The summed E-state index contributed by atoms with van der Waals surface area (Å²) < 4.78 is 1.19. The van der Waals surface area contributed by atoms with E-state index in [0.29, 0.717) is 18.1 Å². The zero-order valence-corrected chi connectivity index (χ0v) is 17.9. The minimum absolute atomic E-state index is 0. The van der Waals surface area contributed by atoms with Gasteiger partial charge < -0.3 is 0 Å². The van der Waals surface area contributed by atoms with E-state index in [1.165, 1.54) is 10.3 Å². The molecule has 0 N–H and O–H groups in total. The Balaban J connectivity index is 0.00000225. The molecule has 2 heterocycles. The number of thiazole rings is 1. The van der Waals surface area contributed by atoms with Gasteiger partial charge in [-0.25, -0.2) is 4.98 Å². The zero-order chi connectivity index (χ0) is 18.6. The second-order valence-corrected chi connectivity index (χ2v) is 8.89. The number of likely N-dealkylation sites (tertiary alicyclic amines) is 1. The maximum absolute atomic E-state index is 12.6. The fourth-order valence-electron chi connectivity index (χ4n) is 4.01. The second kappa shape index (κ2) is 9.64. The highest BCUT2D eigenvalue weighted by Crippen LogP contribution is 2.25. The van der Waals surface area contributed by atoms with Crippen LogP contribution in [0.1, 0.15) is 35.4 Å². The third kappa shape index (κ3) is 5.40. The zero-order valence-electron chi connectivity index (χ0n) is 16.3. The summed E-state index contributed by atoms with van der Waals surface area (Å²) in [6.07, 6.45) is 3.54. The molecule has 1 aromatic heterocycles. The van der Waals surface area contributed by atoms with Crippen molar-refractivity contribution in [2.75, 3.05) is 13.1 Å². The van der Waals surface area contributed by atoms with Crippen molar-refractivity contribution < 1.29 is 4.79 Å². The van der Waals surface area contributed by atoms with E-state index in [9.17, 15) is 4.79 Å². The van der Waals surface area contributed by atoms with Crippen molar-refractivity contribution in [3.63, 3.8) is 0 Å². The van der Waals surface area contributed by atoms with E-state index >= 15 is 0 Å². The Morgan fingerprint density at radius 1 is 1.11 bits per heavy atom. The van der Waals surface area contributed by atoms with Gasteiger partial charge in [0, 0.05) is 19.4 Å². The van der Waals surface area contributed by atoms with Crippen LogP contribution in [0.2, 0.25) is 0 Å². The lowest BCUT2D eigenvalue weighted by molar-refractivity contribution is -0.119. The Hall–Kier alpha value is -1.75. The van der Waals surface area contributed by atoms with Crippen molar-refractivity contribution in [2.24, 2.45) is 5.92 Å². The van der Waals surface area contributed by atoms with Crippen LogP contribution in [0.15, 0.2) is 48.5 Å². The summed E-state index contributed by atoms with van der Waals surface area (Å²) in [5, 5.41) is 1.08. The summed E-state index contributed by atoms with van der Waals surface area (Å²) >= 11 is 1.70. The molecule has 1 fully saturated rings. The summed E-state index contributed by atoms with van der Waals surface area (Å²) in [5.41, 5.74) is 3.54. The second-order valence-electron chi connectivity index (χ2n) is 7.66. The number of ketones is 1. The summed E-state index contributed by atoms with van der Waals surface area (Å²) in [6, 6.07) is 16.9. The molecule has 3 aromatic rings. The first-order valence-corrected chi connectivity index (χ1v) is 10.6. The highest BCUT2D eigenvalue weighted by atomic mass is 35.5. The highest BCUT2D eigenvalue weighted by Gasteiger charge is 2.21. The average Bonchev–Trinajstić information content (AvgIpc) is 3.03. The molecule has 0 saturated carbocycles. The monoisotopic (exact) mass is 414 g/mol. The number of nitrogens with zero attached hydrogens (tertiary/aromatic N) is 2. The van der Waals surface area contributed by atoms with Crippen LogP contribution >= 0.6 is 23.7 Å². The minimum Gasteiger partial charge on any atom is -0.299 e. The molecule has 0 atom stereocenters. The number of piperidine rings is 1. The van der Waals surface area contributed by atoms with Crippen LogP contribution < -0.4 is 0 Å². The fourth-order valence-corrected chi connectivity index (χ4v) is 4.90. The van der Waals surface area contributed by atoms with Crippen LogP contribution in [0, 0.1) is 12.8 Å². The third-order valence-corrected chi connectivity index (χ3v) is 6.37. The van der Waals surface area contributed by atoms with Crippen LogP contribution in [-0.4, -0.2) is 28.8 Å². The molecule has 0 bridgehead atoms. The number of carbonyl (C=O) groups is 1. The average molecular weight is 415 g/mol. The lowest BCUT2D eigenvalue weighted by atomic mass is 9.90. The molecular weight excluding hydrogens is 388 g/mol. The lowest BCUT2D eigenvalue weighted by Gasteiger charge is -2.31. The quantitative estimate of drug-likeness (QED) is 0.538. The molecule has 0 spiro atoms. The van der Waals surface area contributed by atoms with Gasteiger partial charge in [-0.1, -0.05) is 36.4 Å². The summed E-state index contributed by atoms with van der Waals surface area (Å²) in [7, 11) is 0. The molecule has 0 aliphatic carbocycles. The molecular formula is C23H27ClN2OS. The number of hydrogen-bond donors (Lipinski definition) is 0. The van der Waals surface area contributed by atoms with Crippen LogP contribution in [0.4, 0.5) is 0 Å². The predicted octanol–water partition coefficient (Wildman–Crippen LogP) is 5.44. The number of Topliss-reactive ketones (excluding diaryl/α,β-unsaturated/α-hetero) is 1. The van der Waals surface area contributed by atoms with Crippen molar-refractivity contribution in [1.82, 2.24) is 9.88 Å². The smallest absolute Gasteiger partial charge is 0.137 e. The van der Waals surface area contributed by atoms with Crippen molar-refractivity contribution in [3.8, 4) is 0 Å². The van der Waals surface area contributed by atoms with Gasteiger partial charge in [0.1, 0.15) is 5.78 Å². The Bertz CT molecular complexity index is 917. The van der Waals surface area contributed by atoms with Crippen LogP contribution in [0.5, 0.6) is 0 Å².